The maximum absolute atomic E-state index is 9.03. The highest BCUT2D eigenvalue weighted by molar-refractivity contribution is 5.84. The molecule has 0 radical (unpaired) electrons. The average molecular weight is 360 g/mol. The fourth-order valence-electron chi connectivity index (χ4n) is 2.47. The van der Waals surface area contributed by atoms with Gasteiger partial charge in [-0.25, -0.2) is 4.98 Å². The number of hydrogen-bond acceptors (Lipinski definition) is 9. The first-order chi connectivity index (χ1) is 12.7. The number of imidazole rings is 1. The third kappa shape index (κ3) is 3.40. The normalized spacial score (nSPS) is 10.6. The molecule has 3 aromatic rings. The SMILES string of the molecule is COc1cc(Nc2nc(NCCO)c3[nH]cnc3n2)cc(OC)c1OC. The lowest BCUT2D eigenvalue weighted by Gasteiger charge is -2.15. The van der Waals surface area contributed by atoms with Crippen molar-refractivity contribution in [2.75, 3.05) is 45.1 Å². The first kappa shape index (κ1) is 17.5. The van der Waals surface area contributed by atoms with Gasteiger partial charge in [-0.1, -0.05) is 0 Å². The Morgan fingerprint density at radius 1 is 1.08 bits per heavy atom. The van der Waals surface area contributed by atoms with Crippen LogP contribution in [0.15, 0.2) is 18.5 Å². The van der Waals surface area contributed by atoms with E-state index in [4.69, 9.17) is 19.3 Å². The number of H-pyrrole nitrogens is 1. The number of benzene rings is 1. The third-order valence-electron chi connectivity index (χ3n) is 3.61. The Hall–Kier alpha value is -3.27. The molecule has 3 rings (SSSR count). The molecule has 0 spiro atoms. The van der Waals surface area contributed by atoms with Crippen LogP contribution >= 0.6 is 0 Å². The summed E-state index contributed by atoms with van der Waals surface area (Å²) in [5.74, 6) is 2.38. The van der Waals surface area contributed by atoms with Crippen molar-refractivity contribution in [1.29, 1.82) is 0 Å². The largest absolute Gasteiger partial charge is 0.493 e. The van der Waals surface area contributed by atoms with Crippen molar-refractivity contribution < 1.29 is 19.3 Å². The predicted molar refractivity (Wildman–Crippen MR) is 96.6 cm³/mol. The van der Waals surface area contributed by atoms with Crippen LogP contribution in [0.5, 0.6) is 17.2 Å². The summed E-state index contributed by atoms with van der Waals surface area (Å²) in [6.45, 7) is 0.337. The molecule has 10 nitrogen and oxygen atoms in total. The van der Waals surface area contributed by atoms with Gasteiger partial charge in [0.15, 0.2) is 23.0 Å². The van der Waals surface area contributed by atoms with Crippen LogP contribution < -0.4 is 24.8 Å². The Morgan fingerprint density at radius 3 is 2.42 bits per heavy atom. The average Bonchev–Trinajstić information content (AvgIpc) is 3.13. The lowest BCUT2D eigenvalue weighted by molar-refractivity contribution is 0.311. The quantitative estimate of drug-likeness (QED) is 0.473. The Bertz CT molecular complexity index is 873. The minimum Gasteiger partial charge on any atom is -0.493 e. The molecule has 0 saturated heterocycles. The van der Waals surface area contributed by atoms with Crippen molar-refractivity contribution in [1.82, 2.24) is 19.9 Å². The van der Waals surface area contributed by atoms with E-state index in [-0.39, 0.29) is 6.61 Å². The number of aromatic amines is 1. The second-order valence-electron chi connectivity index (χ2n) is 5.19. The van der Waals surface area contributed by atoms with Gasteiger partial charge in [0, 0.05) is 24.4 Å². The summed E-state index contributed by atoms with van der Waals surface area (Å²) < 4.78 is 16.0. The van der Waals surface area contributed by atoms with Crippen LogP contribution in [0.4, 0.5) is 17.5 Å². The zero-order chi connectivity index (χ0) is 18.5. The molecule has 0 aliphatic rings. The molecule has 0 amide bonds. The number of ether oxygens (including phenoxy) is 3. The van der Waals surface area contributed by atoms with E-state index in [0.29, 0.717) is 52.4 Å². The topological polar surface area (TPSA) is 126 Å². The number of hydrogen-bond donors (Lipinski definition) is 4. The zero-order valence-corrected chi connectivity index (χ0v) is 14.7. The highest BCUT2D eigenvalue weighted by Crippen LogP contribution is 2.40. The number of nitrogens with one attached hydrogen (secondary N) is 3. The number of aliphatic hydroxyl groups is 1. The first-order valence-electron chi connectivity index (χ1n) is 7.83. The lowest BCUT2D eigenvalue weighted by atomic mass is 10.2. The minimum absolute atomic E-state index is 0.0186. The highest BCUT2D eigenvalue weighted by atomic mass is 16.5. The summed E-state index contributed by atoms with van der Waals surface area (Å²) in [5, 5.41) is 15.2. The van der Waals surface area contributed by atoms with Gasteiger partial charge in [-0.2, -0.15) is 9.97 Å². The van der Waals surface area contributed by atoms with E-state index in [0.717, 1.165) is 0 Å². The van der Waals surface area contributed by atoms with E-state index in [1.54, 1.807) is 33.5 Å². The molecule has 0 fully saturated rings. The van der Waals surface area contributed by atoms with Crippen LogP contribution in [0.25, 0.3) is 11.2 Å². The fraction of sp³-hybridized carbons (Fsp3) is 0.312. The summed E-state index contributed by atoms with van der Waals surface area (Å²) in [7, 11) is 4.63. The molecule has 0 saturated carbocycles. The molecule has 0 unspecified atom stereocenters. The highest BCUT2D eigenvalue weighted by Gasteiger charge is 2.15. The van der Waals surface area contributed by atoms with E-state index in [2.05, 4.69) is 30.6 Å². The number of fused-ring (bicyclic) bond motifs is 1. The van der Waals surface area contributed by atoms with Gasteiger partial charge in [0.25, 0.3) is 0 Å². The van der Waals surface area contributed by atoms with Crippen molar-refractivity contribution in [3.8, 4) is 17.2 Å². The van der Waals surface area contributed by atoms with E-state index < -0.39 is 0 Å². The Kier molecular flexibility index (Phi) is 5.23. The smallest absolute Gasteiger partial charge is 0.231 e. The van der Waals surface area contributed by atoms with Crippen LogP contribution in [0.3, 0.4) is 0 Å². The first-order valence-corrected chi connectivity index (χ1v) is 7.83. The minimum atomic E-state index is -0.0186. The molecule has 2 heterocycles. The van der Waals surface area contributed by atoms with Crippen molar-refractivity contribution in [3.05, 3.63) is 18.5 Å². The summed E-state index contributed by atoms with van der Waals surface area (Å²) in [6.07, 6.45) is 1.53. The number of aromatic nitrogens is 4. The molecule has 0 aliphatic heterocycles. The van der Waals surface area contributed by atoms with Crippen molar-refractivity contribution in [3.63, 3.8) is 0 Å². The van der Waals surface area contributed by atoms with Gasteiger partial charge >= 0.3 is 0 Å². The van der Waals surface area contributed by atoms with Gasteiger partial charge in [0.1, 0.15) is 5.52 Å². The van der Waals surface area contributed by atoms with Crippen molar-refractivity contribution in [2.45, 2.75) is 0 Å². The second kappa shape index (κ2) is 7.74. The Labute approximate surface area is 149 Å². The van der Waals surface area contributed by atoms with E-state index in [9.17, 15) is 0 Å². The van der Waals surface area contributed by atoms with Crippen molar-refractivity contribution in [2.24, 2.45) is 0 Å². The van der Waals surface area contributed by atoms with Crippen LogP contribution in [0.1, 0.15) is 0 Å². The van der Waals surface area contributed by atoms with E-state index in [1.165, 1.54) is 6.33 Å². The summed E-state index contributed by atoms with van der Waals surface area (Å²) in [4.78, 5) is 15.9. The maximum atomic E-state index is 9.03. The number of nitrogens with zero attached hydrogens (tertiary/aromatic N) is 3. The van der Waals surface area contributed by atoms with E-state index >= 15 is 0 Å². The number of rotatable bonds is 8. The van der Waals surface area contributed by atoms with Gasteiger partial charge in [-0.3, -0.25) is 0 Å². The Morgan fingerprint density at radius 2 is 1.81 bits per heavy atom. The molecule has 0 bridgehead atoms. The molecule has 10 heteroatoms. The molecule has 2 aromatic heterocycles. The van der Waals surface area contributed by atoms with Gasteiger partial charge in [0.2, 0.25) is 11.7 Å². The molecule has 4 N–H and O–H groups in total. The van der Waals surface area contributed by atoms with Gasteiger partial charge in [-0.15, -0.1) is 0 Å². The van der Waals surface area contributed by atoms with Gasteiger partial charge < -0.3 is 34.9 Å². The van der Waals surface area contributed by atoms with E-state index in [1.807, 2.05) is 0 Å². The summed E-state index contributed by atoms with van der Waals surface area (Å²) in [5.41, 5.74) is 1.81. The molecular weight excluding hydrogens is 340 g/mol. The van der Waals surface area contributed by atoms with Crippen LogP contribution in [-0.4, -0.2) is 59.5 Å². The number of aliphatic hydroxyl groups excluding tert-OH is 1. The van der Waals surface area contributed by atoms with Gasteiger partial charge in [0.05, 0.1) is 34.3 Å². The van der Waals surface area contributed by atoms with Crippen molar-refractivity contribution >= 4 is 28.6 Å². The molecule has 0 atom stereocenters. The third-order valence-corrected chi connectivity index (χ3v) is 3.61. The monoisotopic (exact) mass is 360 g/mol. The Balaban J connectivity index is 1.98. The van der Waals surface area contributed by atoms with Crippen LogP contribution in [-0.2, 0) is 0 Å². The molecule has 0 aliphatic carbocycles. The molecular formula is C16H20N6O4. The van der Waals surface area contributed by atoms with Crippen LogP contribution in [0.2, 0.25) is 0 Å². The molecule has 1 aromatic carbocycles. The summed E-state index contributed by atoms with van der Waals surface area (Å²) >= 11 is 0. The van der Waals surface area contributed by atoms with Crippen LogP contribution in [0, 0.1) is 0 Å². The molecule has 138 valence electrons. The maximum Gasteiger partial charge on any atom is 0.231 e. The lowest BCUT2D eigenvalue weighted by Crippen LogP contribution is -2.09. The molecule has 26 heavy (non-hydrogen) atoms. The second-order valence-corrected chi connectivity index (χ2v) is 5.19. The summed E-state index contributed by atoms with van der Waals surface area (Å²) in [6, 6.07) is 3.50. The zero-order valence-electron chi connectivity index (χ0n) is 14.7. The van der Waals surface area contributed by atoms with Gasteiger partial charge in [-0.05, 0) is 0 Å². The standard InChI is InChI=1S/C16H20N6O4/c1-24-10-6-9(7-11(25-2)13(10)26-3)20-16-21-14(17-4-5-23)12-15(22-16)19-8-18-12/h6-8,23H,4-5H2,1-3H3,(H3,17,18,19,20,21,22). The fourth-order valence-corrected chi connectivity index (χ4v) is 2.47. The number of anilines is 3. The number of methoxy groups -OCH3 is 3. The predicted octanol–water partition coefficient (Wildman–Crippen LogP) is 1.53.